The fourth-order valence-electron chi connectivity index (χ4n) is 4.74. The fourth-order valence-corrected chi connectivity index (χ4v) is 5.87. The second kappa shape index (κ2) is 8.12. The van der Waals surface area contributed by atoms with Gasteiger partial charge in [-0.05, 0) is 48.4 Å². The molecule has 0 amide bonds. The number of anilines is 2. The standard InChI is InChI=1S/C25H24N2O5S/c1-31-18-11-9-16(10-12-18)25-24-20(14-17(15-22(24)28)23-8-5-13-32-23)26-19-6-3-4-7-21(19)27(25)33(2,29)30/h3-13,17,25-26H,14-15H2,1-2H3/t17-,25+/m0/s1. The van der Waals surface area contributed by atoms with E-state index in [1.165, 1.54) is 10.6 Å². The van der Waals surface area contributed by atoms with Gasteiger partial charge in [-0.3, -0.25) is 9.10 Å². The molecule has 2 aliphatic rings. The Morgan fingerprint density at radius 1 is 1.03 bits per heavy atom. The Bertz CT molecular complexity index is 1330. The number of ether oxygens (including phenoxy) is 1. The zero-order chi connectivity index (χ0) is 23.2. The highest BCUT2D eigenvalue weighted by Crippen LogP contribution is 2.48. The number of benzene rings is 2. The Hall–Kier alpha value is -3.52. The highest BCUT2D eigenvalue weighted by Gasteiger charge is 2.42. The maximum absolute atomic E-state index is 13.6. The molecule has 2 heterocycles. The van der Waals surface area contributed by atoms with Gasteiger partial charge in [-0.15, -0.1) is 0 Å². The van der Waals surface area contributed by atoms with Crippen molar-refractivity contribution in [3.05, 3.63) is 89.5 Å². The highest BCUT2D eigenvalue weighted by atomic mass is 32.2. The summed E-state index contributed by atoms with van der Waals surface area (Å²) in [5, 5.41) is 3.39. The van der Waals surface area contributed by atoms with Gasteiger partial charge in [-0.25, -0.2) is 8.42 Å². The Labute approximate surface area is 192 Å². The van der Waals surface area contributed by atoms with Crippen molar-refractivity contribution in [2.45, 2.75) is 24.8 Å². The van der Waals surface area contributed by atoms with Gasteiger partial charge in [0.05, 0.1) is 31.0 Å². The van der Waals surface area contributed by atoms with Crippen LogP contribution < -0.4 is 14.4 Å². The Morgan fingerprint density at radius 3 is 2.45 bits per heavy atom. The average Bonchev–Trinajstić information content (AvgIpc) is 3.28. The zero-order valence-electron chi connectivity index (χ0n) is 18.3. The van der Waals surface area contributed by atoms with Crippen molar-refractivity contribution < 1.29 is 22.4 Å². The van der Waals surface area contributed by atoms with Crippen LogP contribution in [0.25, 0.3) is 0 Å². The van der Waals surface area contributed by atoms with Crippen LogP contribution in [0.4, 0.5) is 11.4 Å². The van der Waals surface area contributed by atoms with Crippen molar-refractivity contribution in [2.24, 2.45) is 0 Å². The van der Waals surface area contributed by atoms with E-state index in [0.29, 0.717) is 40.4 Å². The van der Waals surface area contributed by atoms with Crippen LogP contribution in [0.5, 0.6) is 5.75 Å². The number of nitrogens with one attached hydrogen (secondary N) is 1. The number of rotatable bonds is 4. The number of ketones is 1. The first-order valence-corrected chi connectivity index (χ1v) is 12.5. The number of Topliss-reactive ketones (excluding diaryl/α,β-unsaturated/α-hetero) is 1. The van der Waals surface area contributed by atoms with E-state index in [0.717, 1.165) is 5.76 Å². The second-order valence-corrected chi connectivity index (χ2v) is 10.2. The maximum atomic E-state index is 13.6. The van der Waals surface area contributed by atoms with Crippen molar-refractivity contribution in [3.63, 3.8) is 0 Å². The molecule has 8 heteroatoms. The number of allylic oxidation sites excluding steroid dienone is 1. The van der Waals surface area contributed by atoms with Crippen LogP contribution in [-0.4, -0.2) is 27.6 Å². The number of methoxy groups -OCH3 is 1. The van der Waals surface area contributed by atoms with Gasteiger partial charge in [-0.2, -0.15) is 0 Å². The molecule has 2 aromatic carbocycles. The second-order valence-electron chi connectivity index (χ2n) is 8.31. The largest absolute Gasteiger partial charge is 0.497 e. The monoisotopic (exact) mass is 464 g/mol. The Morgan fingerprint density at radius 2 is 1.79 bits per heavy atom. The quantitative estimate of drug-likeness (QED) is 0.606. The van der Waals surface area contributed by atoms with Gasteiger partial charge in [0.1, 0.15) is 17.6 Å². The number of furan rings is 1. The van der Waals surface area contributed by atoms with E-state index in [1.807, 2.05) is 36.4 Å². The number of hydrogen-bond donors (Lipinski definition) is 1. The molecule has 5 rings (SSSR count). The summed E-state index contributed by atoms with van der Waals surface area (Å²) in [5.41, 5.74) is 3.01. The molecule has 33 heavy (non-hydrogen) atoms. The molecule has 3 aromatic rings. The van der Waals surface area contributed by atoms with Gasteiger partial charge in [0.2, 0.25) is 10.0 Å². The zero-order valence-corrected chi connectivity index (χ0v) is 19.1. The van der Waals surface area contributed by atoms with Crippen LogP contribution in [0.3, 0.4) is 0 Å². The topological polar surface area (TPSA) is 88.8 Å². The van der Waals surface area contributed by atoms with Crippen molar-refractivity contribution in [1.29, 1.82) is 0 Å². The molecular weight excluding hydrogens is 440 g/mol. The molecule has 1 aromatic heterocycles. The van der Waals surface area contributed by atoms with Gasteiger partial charge in [0, 0.05) is 23.6 Å². The summed E-state index contributed by atoms with van der Waals surface area (Å²) < 4.78 is 38.6. The maximum Gasteiger partial charge on any atom is 0.233 e. The van der Waals surface area contributed by atoms with E-state index < -0.39 is 16.1 Å². The van der Waals surface area contributed by atoms with Gasteiger partial charge < -0.3 is 14.5 Å². The molecule has 1 N–H and O–H groups in total. The third-order valence-corrected chi connectivity index (χ3v) is 7.30. The third kappa shape index (κ3) is 3.80. The van der Waals surface area contributed by atoms with E-state index in [-0.39, 0.29) is 18.1 Å². The molecule has 2 atom stereocenters. The number of fused-ring (bicyclic) bond motifs is 1. The van der Waals surface area contributed by atoms with E-state index in [9.17, 15) is 13.2 Å². The summed E-state index contributed by atoms with van der Waals surface area (Å²) in [5.74, 6) is 1.17. The van der Waals surface area contributed by atoms with Crippen LogP contribution in [0.2, 0.25) is 0 Å². The fraction of sp³-hybridized carbons (Fsp3) is 0.240. The first-order valence-electron chi connectivity index (χ1n) is 10.7. The summed E-state index contributed by atoms with van der Waals surface area (Å²) >= 11 is 0. The molecule has 1 aliphatic carbocycles. The normalized spacial score (nSPS) is 20.5. The highest BCUT2D eigenvalue weighted by molar-refractivity contribution is 7.92. The van der Waals surface area contributed by atoms with Crippen molar-refractivity contribution >= 4 is 27.2 Å². The molecular formula is C25H24N2O5S. The van der Waals surface area contributed by atoms with Crippen LogP contribution >= 0.6 is 0 Å². The number of nitrogens with zero attached hydrogens (tertiary/aromatic N) is 1. The van der Waals surface area contributed by atoms with Gasteiger partial charge >= 0.3 is 0 Å². The van der Waals surface area contributed by atoms with Gasteiger partial charge in [0.15, 0.2) is 5.78 Å². The number of para-hydroxylation sites is 2. The van der Waals surface area contributed by atoms with Crippen LogP contribution in [0, 0.1) is 0 Å². The number of hydrogen-bond acceptors (Lipinski definition) is 6. The lowest BCUT2D eigenvalue weighted by molar-refractivity contribution is -0.116. The minimum Gasteiger partial charge on any atom is -0.497 e. The minimum atomic E-state index is -3.75. The summed E-state index contributed by atoms with van der Waals surface area (Å²) in [4.78, 5) is 13.6. The van der Waals surface area contributed by atoms with Gasteiger partial charge in [-0.1, -0.05) is 24.3 Å². The molecule has 0 unspecified atom stereocenters. The molecule has 170 valence electrons. The SMILES string of the molecule is COc1ccc([C@@H]2C3=C(C[C@H](c4ccco4)CC3=O)Nc3ccccc3N2S(C)(=O)=O)cc1. The third-order valence-electron chi connectivity index (χ3n) is 6.18. The summed E-state index contributed by atoms with van der Waals surface area (Å²) in [6.45, 7) is 0. The lowest BCUT2D eigenvalue weighted by Crippen LogP contribution is -2.37. The molecule has 0 bridgehead atoms. The molecule has 1 aliphatic heterocycles. The van der Waals surface area contributed by atoms with Crippen LogP contribution in [-0.2, 0) is 14.8 Å². The number of carbonyl (C=O) groups is 1. The molecule has 7 nitrogen and oxygen atoms in total. The molecule has 0 radical (unpaired) electrons. The van der Waals surface area contributed by atoms with E-state index in [1.54, 1.807) is 37.6 Å². The predicted molar refractivity (Wildman–Crippen MR) is 126 cm³/mol. The van der Waals surface area contributed by atoms with Crippen molar-refractivity contribution in [1.82, 2.24) is 0 Å². The number of carbonyl (C=O) groups excluding carboxylic acids is 1. The Balaban J connectivity index is 1.74. The van der Waals surface area contributed by atoms with Gasteiger partial charge in [0.25, 0.3) is 0 Å². The van der Waals surface area contributed by atoms with E-state index >= 15 is 0 Å². The lowest BCUT2D eigenvalue weighted by Gasteiger charge is -2.34. The van der Waals surface area contributed by atoms with E-state index in [2.05, 4.69) is 5.32 Å². The summed E-state index contributed by atoms with van der Waals surface area (Å²) in [6.07, 6.45) is 3.55. The first-order chi connectivity index (χ1) is 15.9. The van der Waals surface area contributed by atoms with E-state index in [4.69, 9.17) is 9.15 Å². The van der Waals surface area contributed by atoms with Crippen molar-refractivity contribution in [3.8, 4) is 5.75 Å². The molecule has 0 spiro atoms. The summed E-state index contributed by atoms with van der Waals surface area (Å²) in [7, 11) is -2.18. The lowest BCUT2D eigenvalue weighted by atomic mass is 9.80. The summed E-state index contributed by atoms with van der Waals surface area (Å²) in [6, 6.07) is 17.3. The molecule has 0 saturated heterocycles. The predicted octanol–water partition coefficient (Wildman–Crippen LogP) is 4.62. The van der Waals surface area contributed by atoms with Crippen LogP contribution in [0.15, 0.2) is 82.6 Å². The number of sulfonamides is 1. The Kier molecular flexibility index (Phi) is 5.25. The first kappa shape index (κ1) is 21.3. The van der Waals surface area contributed by atoms with Crippen LogP contribution in [0.1, 0.15) is 36.1 Å². The average molecular weight is 465 g/mol. The smallest absolute Gasteiger partial charge is 0.233 e. The minimum absolute atomic E-state index is 0.104. The van der Waals surface area contributed by atoms with Crippen molar-refractivity contribution in [2.75, 3.05) is 23.0 Å². The molecule has 0 saturated carbocycles. The molecule has 0 fully saturated rings.